The van der Waals surface area contributed by atoms with Crippen molar-refractivity contribution in [2.24, 2.45) is 0 Å². The maximum Gasteiger partial charge on any atom is 0.338 e. The van der Waals surface area contributed by atoms with Gasteiger partial charge in [-0.1, -0.05) is 45.7 Å². The van der Waals surface area contributed by atoms with Crippen LogP contribution in [0.15, 0.2) is 24.3 Å². The second-order valence-electron chi connectivity index (χ2n) is 7.20. The number of hydrogen-bond acceptors (Lipinski definition) is 3. The minimum Gasteiger partial charge on any atom is -0.452 e. The Bertz CT molecular complexity index is 535. The van der Waals surface area contributed by atoms with Crippen LogP contribution in [0, 0.1) is 0 Å². The smallest absolute Gasteiger partial charge is 0.338 e. The molecule has 23 heavy (non-hydrogen) atoms. The van der Waals surface area contributed by atoms with Crippen LogP contribution in [0.2, 0.25) is 0 Å². The van der Waals surface area contributed by atoms with Gasteiger partial charge >= 0.3 is 5.97 Å². The van der Waals surface area contributed by atoms with Crippen molar-refractivity contribution >= 4 is 11.9 Å². The van der Waals surface area contributed by atoms with Gasteiger partial charge < -0.3 is 9.64 Å². The lowest BCUT2D eigenvalue weighted by atomic mass is 9.87. The fourth-order valence-corrected chi connectivity index (χ4v) is 2.73. The number of benzene rings is 1. The van der Waals surface area contributed by atoms with E-state index in [2.05, 4.69) is 20.8 Å². The van der Waals surface area contributed by atoms with E-state index in [1.807, 2.05) is 17.0 Å². The first-order valence-corrected chi connectivity index (χ1v) is 8.43. The van der Waals surface area contributed by atoms with Crippen LogP contribution in [0.4, 0.5) is 0 Å². The molecule has 1 aromatic carbocycles. The normalized spacial score (nSPS) is 15.9. The Morgan fingerprint density at radius 2 is 1.57 bits per heavy atom. The predicted octanol–water partition coefficient (Wildman–Crippen LogP) is 3.54. The molecule has 0 aromatic heterocycles. The SMILES string of the molecule is CC(C)(C)c1ccc(C(=O)OCC(=O)N2CCCCCC2)cc1. The average Bonchev–Trinajstić information content (AvgIpc) is 2.81. The Hall–Kier alpha value is -1.84. The molecule has 0 unspecified atom stereocenters. The minimum absolute atomic E-state index is 0.0468. The molecule has 1 heterocycles. The molecule has 0 aliphatic carbocycles. The number of likely N-dealkylation sites (tertiary alicyclic amines) is 1. The lowest BCUT2D eigenvalue weighted by molar-refractivity contribution is -0.134. The van der Waals surface area contributed by atoms with Crippen LogP contribution in [0.3, 0.4) is 0 Å². The molecular weight excluding hydrogens is 290 g/mol. The maximum absolute atomic E-state index is 12.1. The van der Waals surface area contributed by atoms with Crippen molar-refractivity contribution in [1.82, 2.24) is 4.90 Å². The van der Waals surface area contributed by atoms with Crippen LogP contribution >= 0.6 is 0 Å². The van der Waals surface area contributed by atoms with Crippen LogP contribution in [-0.4, -0.2) is 36.5 Å². The van der Waals surface area contributed by atoms with Gasteiger partial charge in [-0.3, -0.25) is 4.79 Å². The molecular formula is C19H27NO3. The standard InChI is InChI=1S/C19H27NO3/c1-19(2,3)16-10-8-15(9-11-16)18(22)23-14-17(21)20-12-6-4-5-7-13-20/h8-11H,4-7,12-14H2,1-3H3. The molecule has 2 rings (SSSR count). The van der Waals surface area contributed by atoms with E-state index in [1.165, 1.54) is 12.8 Å². The van der Waals surface area contributed by atoms with Gasteiger partial charge in [0.25, 0.3) is 5.91 Å². The number of hydrogen-bond donors (Lipinski definition) is 0. The van der Waals surface area contributed by atoms with Gasteiger partial charge in [0.05, 0.1) is 5.56 Å². The monoisotopic (exact) mass is 317 g/mol. The molecule has 4 heteroatoms. The van der Waals surface area contributed by atoms with Crippen LogP contribution < -0.4 is 0 Å². The maximum atomic E-state index is 12.1. The predicted molar refractivity (Wildman–Crippen MR) is 90.5 cm³/mol. The molecule has 1 aliphatic heterocycles. The van der Waals surface area contributed by atoms with Gasteiger partial charge in [-0.15, -0.1) is 0 Å². The van der Waals surface area contributed by atoms with E-state index >= 15 is 0 Å². The highest BCUT2D eigenvalue weighted by Gasteiger charge is 2.18. The molecule has 0 atom stereocenters. The molecule has 1 aliphatic rings. The third kappa shape index (κ3) is 5.08. The topological polar surface area (TPSA) is 46.6 Å². The van der Waals surface area contributed by atoms with E-state index in [-0.39, 0.29) is 17.9 Å². The largest absolute Gasteiger partial charge is 0.452 e. The Morgan fingerprint density at radius 1 is 1.00 bits per heavy atom. The van der Waals surface area contributed by atoms with Crippen LogP contribution in [0.5, 0.6) is 0 Å². The number of nitrogens with zero attached hydrogens (tertiary/aromatic N) is 1. The third-order valence-electron chi connectivity index (χ3n) is 4.27. The van der Waals surface area contributed by atoms with E-state index in [0.717, 1.165) is 31.5 Å². The fraction of sp³-hybridized carbons (Fsp3) is 0.579. The number of carbonyl (C=O) groups excluding carboxylic acids is 2. The second-order valence-corrected chi connectivity index (χ2v) is 7.20. The van der Waals surface area contributed by atoms with Crippen molar-refractivity contribution in [3.8, 4) is 0 Å². The Morgan fingerprint density at radius 3 is 2.09 bits per heavy atom. The number of carbonyl (C=O) groups is 2. The van der Waals surface area contributed by atoms with Gasteiger partial charge in [0.15, 0.2) is 6.61 Å². The zero-order valence-electron chi connectivity index (χ0n) is 14.4. The van der Waals surface area contributed by atoms with Crippen molar-refractivity contribution in [2.75, 3.05) is 19.7 Å². The zero-order valence-corrected chi connectivity index (χ0v) is 14.4. The molecule has 0 radical (unpaired) electrons. The molecule has 0 spiro atoms. The van der Waals surface area contributed by atoms with Crippen molar-refractivity contribution in [3.63, 3.8) is 0 Å². The summed E-state index contributed by atoms with van der Waals surface area (Å²) in [6.07, 6.45) is 4.41. The molecule has 4 nitrogen and oxygen atoms in total. The Labute approximate surface area is 138 Å². The summed E-state index contributed by atoms with van der Waals surface area (Å²) in [5.41, 5.74) is 1.70. The van der Waals surface area contributed by atoms with Crippen LogP contribution in [-0.2, 0) is 14.9 Å². The highest BCUT2D eigenvalue weighted by molar-refractivity contribution is 5.91. The molecule has 0 N–H and O–H groups in total. The van der Waals surface area contributed by atoms with Gasteiger partial charge in [0.2, 0.25) is 0 Å². The third-order valence-corrected chi connectivity index (χ3v) is 4.27. The summed E-state index contributed by atoms with van der Waals surface area (Å²) in [5.74, 6) is -0.528. The number of esters is 1. The average molecular weight is 317 g/mol. The highest BCUT2D eigenvalue weighted by atomic mass is 16.5. The van der Waals surface area contributed by atoms with E-state index in [9.17, 15) is 9.59 Å². The van der Waals surface area contributed by atoms with Gasteiger partial charge in [-0.2, -0.15) is 0 Å². The summed E-state index contributed by atoms with van der Waals surface area (Å²) < 4.78 is 5.18. The molecule has 126 valence electrons. The first-order valence-electron chi connectivity index (χ1n) is 8.43. The Kier molecular flexibility index (Phi) is 5.80. The lowest BCUT2D eigenvalue weighted by Crippen LogP contribution is -2.35. The summed E-state index contributed by atoms with van der Waals surface area (Å²) in [6, 6.07) is 7.40. The van der Waals surface area contributed by atoms with Crippen LogP contribution in [0.1, 0.15) is 62.4 Å². The van der Waals surface area contributed by atoms with Gasteiger partial charge in [-0.05, 0) is 36.0 Å². The van der Waals surface area contributed by atoms with E-state index in [1.54, 1.807) is 12.1 Å². The van der Waals surface area contributed by atoms with E-state index in [4.69, 9.17) is 4.74 Å². The molecule has 0 bridgehead atoms. The number of ether oxygens (including phenoxy) is 1. The zero-order chi connectivity index (χ0) is 16.9. The van der Waals surface area contributed by atoms with Crippen molar-refractivity contribution in [1.29, 1.82) is 0 Å². The molecule has 1 fully saturated rings. The van der Waals surface area contributed by atoms with Gasteiger partial charge in [-0.25, -0.2) is 4.79 Å². The summed E-state index contributed by atoms with van der Waals surface area (Å²) in [5, 5.41) is 0. The van der Waals surface area contributed by atoms with E-state index < -0.39 is 5.97 Å². The summed E-state index contributed by atoms with van der Waals surface area (Å²) in [6.45, 7) is 7.76. The van der Waals surface area contributed by atoms with Crippen LogP contribution in [0.25, 0.3) is 0 Å². The van der Waals surface area contributed by atoms with Crippen molar-refractivity contribution < 1.29 is 14.3 Å². The molecule has 1 saturated heterocycles. The summed E-state index contributed by atoms with van der Waals surface area (Å²) >= 11 is 0. The summed E-state index contributed by atoms with van der Waals surface area (Å²) in [7, 11) is 0. The lowest BCUT2D eigenvalue weighted by Gasteiger charge is -2.20. The van der Waals surface area contributed by atoms with Gasteiger partial charge in [0.1, 0.15) is 0 Å². The van der Waals surface area contributed by atoms with Crippen molar-refractivity contribution in [2.45, 2.75) is 51.9 Å². The second kappa shape index (κ2) is 7.62. The number of amides is 1. The summed E-state index contributed by atoms with van der Waals surface area (Å²) in [4.78, 5) is 26.0. The van der Waals surface area contributed by atoms with Gasteiger partial charge in [0, 0.05) is 13.1 Å². The molecule has 1 amide bonds. The first-order chi connectivity index (χ1) is 10.9. The minimum atomic E-state index is -0.436. The molecule has 0 saturated carbocycles. The quantitative estimate of drug-likeness (QED) is 0.801. The molecule has 1 aromatic rings. The first kappa shape index (κ1) is 17.5. The Balaban J connectivity index is 1.87. The van der Waals surface area contributed by atoms with Crippen molar-refractivity contribution in [3.05, 3.63) is 35.4 Å². The fourth-order valence-electron chi connectivity index (χ4n) is 2.73. The number of rotatable bonds is 3. The van der Waals surface area contributed by atoms with E-state index in [0.29, 0.717) is 5.56 Å². The highest BCUT2D eigenvalue weighted by Crippen LogP contribution is 2.22.